The van der Waals surface area contributed by atoms with Gasteiger partial charge in [-0.25, -0.2) is 0 Å². The minimum atomic E-state index is 0.264. The van der Waals surface area contributed by atoms with Crippen LogP contribution in [0.1, 0.15) is 40.5 Å². The molecule has 0 amide bonds. The first kappa shape index (κ1) is 12.4. The number of hydrogen-bond donors (Lipinski definition) is 1. The second kappa shape index (κ2) is 6.84. The van der Waals surface area contributed by atoms with E-state index in [1.165, 1.54) is 5.57 Å². The van der Waals surface area contributed by atoms with Gasteiger partial charge in [0.2, 0.25) is 0 Å². The van der Waals surface area contributed by atoms with E-state index in [0.717, 1.165) is 18.6 Å². The molecule has 0 aromatic rings. The number of aliphatic imine (C=N–C) groups is 1. The van der Waals surface area contributed by atoms with Gasteiger partial charge in [-0.2, -0.15) is 0 Å². The normalized spacial score (nSPS) is 16.1. The third-order valence-electron chi connectivity index (χ3n) is 2.15. The standard InChI is InChI=1S/C11H22N2/c1-6-8-9(3)10(4)13-11(7-2)12-5/h8,11-12H,6-7H2,1-5H3/b9-8-,13-10?. The molecule has 0 bridgehead atoms. The van der Waals surface area contributed by atoms with Gasteiger partial charge in [-0.15, -0.1) is 0 Å². The second-order valence-electron chi connectivity index (χ2n) is 3.22. The Morgan fingerprint density at radius 2 is 2.00 bits per heavy atom. The van der Waals surface area contributed by atoms with Gasteiger partial charge in [0.15, 0.2) is 0 Å². The molecule has 0 heterocycles. The molecule has 1 N–H and O–H groups in total. The number of allylic oxidation sites excluding steroid dienone is 2. The van der Waals surface area contributed by atoms with E-state index >= 15 is 0 Å². The van der Waals surface area contributed by atoms with Gasteiger partial charge in [0.1, 0.15) is 0 Å². The maximum Gasteiger partial charge on any atom is 0.0992 e. The smallest absolute Gasteiger partial charge is 0.0992 e. The van der Waals surface area contributed by atoms with Crippen molar-refractivity contribution in [3.63, 3.8) is 0 Å². The topological polar surface area (TPSA) is 24.4 Å². The summed E-state index contributed by atoms with van der Waals surface area (Å²) in [6.45, 7) is 8.47. The van der Waals surface area contributed by atoms with E-state index in [4.69, 9.17) is 0 Å². The molecule has 13 heavy (non-hydrogen) atoms. The average Bonchev–Trinajstić information content (AvgIpc) is 2.14. The molecule has 0 aliphatic rings. The Balaban J connectivity index is 4.37. The molecule has 0 radical (unpaired) electrons. The summed E-state index contributed by atoms with van der Waals surface area (Å²) in [6, 6.07) is 0. The fourth-order valence-corrected chi connectivity index (χ4v) is 1.15. The van der Waals surface area contributed by atoms with Gasteiger partial charge in [0.25, 0.3) is 0 Å². The Kier molecular flexibility index (Phi) is 6.51. The molecule has 0 fully saturated rings. The van der Waals surface area contributed by atoms with Crippen molar-refractivity contribution in [1.82, 2.24) is 5.32 Å². The second-order valence-corrected chi connectivity index (χ2v) is 3.22. The fraction of sp³-hybridized carbons (Fsp3) is 0.727. The van der Waals surface area contributed by atoms with Gasteiger partial charge < -0.3 is 0 Å². The van der Waals surface area contributed by atoms with E-state index in [1.54, 1.807) is 0 Å². The largest absolute Gasteiger partial charge is 0.299 e. The van der Waals surface area contributed by atoms with Crippen molar-refractivity contribution in [3.05, 3.63) is 11.6 Å². The lowest BCUT2D eigenvalue weighted by atomic mass is 10.1. The summed E-state index contributed by atoms with van der Waals surface area (Å²) >= 11 is 0. The molecule has 0 saturated carbocycles. The lowest BCUT2D eigenvalue weighted by molar-refractivity contribution is 0.570. The van der Waals surface area contributed by atoms with Gasteiger partial charge in [0, 0.05) is 5.71 Å². The lowest BCUT2D eigenvalue weighted by Gasteiger charge is -2.10. The van der Waals surface area contributed by atoms with E-state index in [1.807, 2.05) is 7.05 Å². The molecule has 0 aliphatic heterocycles. The minimum absolute atomic E-state index is 0.264. The Morgan fingerprint density at radius 1 is 1.38 bits per heavy atom. The fourth-order valence-electron chi connectivity index (χ4n) is 1.15. The van der Waals surface area contributed by atoms with Crippen molar-refractivity contribution in [2.75, 3.05) is 7.05 Å². The molecule has 76 valence electrons. The van der Waals surface area contributed by atoms with Crippen LogP contribution in [0.15, 0.2) is 16.6 Å². The van der Waals surface area contributed by atoms with Crippen LogP contribution in [0.5, 0.6) is 0 Å². The van der Waals surface area contributed by atoms with Gasteiger partial charge in [0.05, 0.1) is 6.17 Å². The van der Waals surface area contributed by atoms with Crippen molar-refractivity contribution < 1.29 is 0 Å². The van der Waals surface area contributed by atoms with Crippen LogP contribution in [0.4, 0.5) is 0 Å². The summed E-state index contributed by atoms with van der Waals surface area (Å²) < 4.78 is 0. The lowest BCUT2D eigenvalue weighted by Crippen LogP contribution is -2.23. The number of nitrogens with zero attached hydrogens (tertiary/aromatic N) is 1. The van der Waals surface area contributed by atoms with E-state index < -0.39 is 0 Å². The highest BCUT2D eigenvalue weighted by Crippen LogP contribution is 2.02. The molecule has 0 spiro atoms. The van der Waals surface area contributed by atoms with Gasteiger partial charge in [-0.05, 0) is 39.3 Å². The van der Waals surface area contributed by atoms with Crippen LogP contribution in [-0.2, 0) is 0 Å². The molecule has 0 aliphatic carbocycles. The van der Waals surface area contributed by atoms with Crippen LogP contribution < -0.4 is 5.32 Å². The molecular formula is C11H22N2. The molecule has 1 unspecified atom stereocenters. The SMILES string of the molecule is CC/C=C(/C)C(C)=NC(CC)NC. The van der Waals surface area contributed by atoms with Crippen LogP contribution in [0.2, 0.25) is 0 Å². The highest BCUT2D eigenvalue weighted by Gasteiger charge is 2.00. The first-order chi connectivity index (χ1) is 6.15. The van der Waals surface area contributed by atoms with Crippen LogP contribution in [-0.4, -0.2) is 18.9 Å². The van der Waals surface area contributed by atoms with Crippen molar-refractivity contribution >= 4 is 5.71 Å². The third kappa shape index (κ3) is 4.83. The molecule has 0 aromatic heterocycles. The summed E-state index contributed by atoms with van der Waals surface area (Å²) in [7, 11) is 1.95. The predicted octanol–water partition coefficient (Wildman–Crippen LogP) is 2.76. The molecule has 0 rings (SSSR count). The van der Waals surface area contributed by atoms with Crippen molar-refractivity contribution in [1.29, 1.82) is 0 Å². The summed E-state index contributed by atoms with van der Waals surface area (Å²) in [6.07, 6.45) is 4.59. The van der Waals surface area contributed by atoms with Crippen molar-refractivity contribution in [2.24, 2.45) is 4.99 Å². The van der Waals surface area contributed by atoms with Crippen LogP contribution in [0.3, 0.4) is 0 Å². The molecule has 0 saturated heterocycles. The maximum absolute atomic E-state index is 4.57. The third-order valence-corrected chi connectivity index (χ3v) is 2.15. The van der Waals surface area contributed by atoms with E-state index in [9.17, 15) is 0 Å². The molecule has 2 nitrogen and oxygen atoms in total. The zero-order valence-electron chi connectivity index (χ0n) is 9.52. The highest BCUT2D eigenvalue weighted by atomic mass is 15.0. The Morgan fingerprint density at radius 3 is 2.38 bits per heavy atom. The van der Waals surface area contributed by atoms with E-state index in [-0.39, 0.29) is 6.17 Å². The number of hydrogen-bond acceptors (Lipinski definition) is 2. The monoisotopic (exact) mass is 182 g/mol. The molecule has 1 atom stereocenters. The van der Waals surface area contributed by atoms with Crippen molar-refractivity contribution in [2.45, 2.75) is 46.7 Å². The zero-order chi connectivity index (χ0) is 10.3. The molecule has 2 heteroatoms. The number of nitrogens with one attached hydrogen (secondary N) is 1. The Hall–Kier alpha value is -0.630. The Bertz CT molecular complexity index is 188. The van der Waals surface area contributed by atoms with Gasteiger partial charge >= 0.3 is 0 Å². The molecular weight excluding hydrogens is 160 g/mol. The first-order valence-electron chi connectivity index (χ1n) is 5.04. The molecule has 0 aromatic carbocycles. The average molecular weight is 182 g/mol. The van der Waals surface area contributed by atoms with Gasteiger partial charge in [-0.3, -0.25) is 10.3 Å². The summed E-state index contributed by atoms with van der Waals surface area (Å²) in [4.78, 5) is 4.57. The highest BCUT2D eigenvalue weighted by molar-refractivity contribution is 5.97. The zero-order valence-corrected chi connectivity index (χ0v) is 9.52. The van der Waals surface area contributed by atoms with Crippen molar-refractivity contribution in [3.8, 4) is 0 Å². The summed E-state index contributed by atoms with van der Waals surface area (Å²) in [5.41, 5.74) is 2.43. The predicted molar refractivity (Wildman–Crippen MR) is 60.3 cm³/mol. The van der Waals surface area contributed by atoms with E-state index in [0.29, 0.717) is 0 Å². The Labute approximate surface area is 82.1 Å². The van der Waals surface area contributed by atoms with Crippen LogP contribution >= 0.6 is 0 Å². The van der Waals surface area contributed by atoms with Gasteiger partial charge in [-0.1, -0.05) is 19.9 Å². The van der Waals surface area contributed by atoms with E-state index in [2.05, 4.69) is 44.1 Å². The minimum Gasteiger partial charge on any atom is -0.299 e. The summed E-state index contributed by atoms with van der Waals surface area (Å²) in [5.74, 6) is 0. The maximum atomic E-state index is 4.57. The first-order valence-corrected chi connectivity index (χ1v) is 5.04. The van der Waals surface area contributed by atoms with Crippen LogP contribution in [0.25, 0.3) is 0 Å². The summed E-state index contributed by atoms with van der Waals surface area (Å²) in [5, 5.41) is 3.16. The quantitative estimate of drug-likeness (QED) is 0.650. The van der Waals surface area contributed by atoms with Crippen LogP contribution in [0, 0.1) is 0 Å². The number of rotatable bonds is 5.